The van der Waals surface area contributed by atoms with E-state index in [0.29, 0.717) is 13.0 Å². The third-order valence-electron chi connectivity index (χ3n) is 4.24. The van der Waals surface area contributed by atoms with Crippen LogP contribution in [0.1, 0.15) is 36.4 Å². The first kappa shape index (κ1) is 16.1. The van der Waals surface area contributed by atoms with Crippen molar-refractivity contribution < 1.29 is 4.74 Å². The van der Waals surface area contributed by atoms with Gasteiger partial charge in [0.15, 0.2) is 0 Å². The van der Waals surface area contributed by atoms with E-state index in [0.717, 1.165) is 30.6 Å². The van der Waals surface area contributed by atoms with Crippen LogP contribution in [0.2, 0.25) is 0 Å². The molecule has 0 saturated heterocycles. The predicted molar refractivity (Wildman–Crippen MR) is 89.3 cm³/mol. The Balaban J connectivity index is 1.79. The molecule has 1 fully saturated rings. The van der Waals surface area contributed by atoms with E-state index >= 15 is 0 Å². The van der Waals surface area contributed by atoms with Crippen LogP contribution in [0.3, 0.4) is 0 Å². The molecule has 1 heterocycles. The minimum atomic E-state index is -0.495. The molecule has 0 amide bonds. The molecule has 1 aromatic carbocycles. The number of nitriles is 1. The first-order chi connectivity index (χ1) is 11.6. The number of hydrogen-bond acceptors (Lipinski definition) is 4. The Labute approximate surface area is 139 Å². The van der Waals surface area contributed by atoms with Crippen molar-refractivity contribution in [3.63, 3.8) is 0 Å². The van der Waals surface area contributed by atoms with E-state index in [1.165, 1.54) is 15.3 Å². The fourth-order valence-electron chi connectivity index (χ4n) is 2.78. The summed E-state index contributed by atoms with van der Waals surface area (Å²) >= 11 is 0. The van der Waals surface area contributed by atoms with Gasteiger partial charge in [-0.1, -0.05) is 12.1 Å². The van der Waals surface area contributed by atoms with Gasteiger partial charge in [-0.3, -0.25) is 13.9 Å². The van der Waals surface area contributed by atoms with Crippen LogP contribution >= 0.6 is 0 Å². The van der Waals surface area contributed by atoms with Crippen LogP contribution in [0.4, 0.5) is 0 Å². The number of nitrogens with zero attached hydrogens (tertiary/aromatic N) is 3. The standard InChI is InChI=1S/C18H19N3O3/c1-24-16-6-2-4-13(10-16)5-3-9-20-17(22)14(11-19)12-21(18(20)23)15-7-8-15/h2,4,6,10,12,15H,3,5,7-9H2,1H3. The Kier molecular flexibility index (Phi) is 4.52. The average Bonchev–Trinajstić information content (AvgIpc) is 3.43. The number of hydrogen-bond donors (Lipinski definition) is 0. The summed E-state index contributed by atoms with van der Waals surface area (Å²) in [6.45, 7) is 0.303. The Morgan fingerprint density at radius 3 is 2.79 bits per heavy atom. The highest BCUT2D eigenvalue weighted by Crippen LogP contribution is 2.33. The van der Waals surface area contributed by atoms with Crippen molar-refractivity contribution in [1.82, 2.24) is 9.13 Å². The van der Waals surface area contributed by atoms with E-state index in [1.807, 2.05) is 30.3 Å². The zero-order valence-electron chi connectivity index (χ0n) is 13.6. The van der Waals surface area contributed by atoms with E-state index in [1.54, 1.807) is 7.11 Å². The van der Waals surface area contributed by atoms with E-state index in [9.17, 15) is 9.59 Å². The summed E-state index contributed by atoms with van der Waals surface area (Å²) in [7, 11) is 1.62. The molecule has 3 rings (SSSR count). The van der Waals surface area contributed by atoms with Gasteiger partial charge in [0, 0.05) is 18.8 Å². The van der Waals surface area contributed by atoms with Crippen molar-refractivity contribution in [2.45, 2.75) is 38.3 Å². The molecule has 0 N–H and O–H groups in total. The maximum Gasteiger partial charge on any atom is 0.331 e. The van der Waals surface area contributed by atoms with Crippen molar-refractivity contribution in [2.24, 2.45) is 0 Å². The Morgan fingerprint density at radius 2 is 2.12 bits per heavy atom. The van der Waals surface area contributed by atoms with Gasteiger partial charge >= 0.3 is 5.69 Å². The van der Waals surface area contributed by atoms with Gasteiger partial charge in [0.2, 0.25) is 0 Å². The lowest BCUT2D eigenvalue weighted by atomic mass is 10.1. The van der Waals surface area contributed by atoms with Gasteiger partial charge in [0.25, 0.3) is 5.56 Å². The first-order valence-corrected chi connectivity index (χ1v) is 8.03. The van der Waals surface area contributed by atoms with Gasteiger partial charge in [-0.15, -0.1) is 0 Å². The molecule has 1 aliphatic rings. The number of benzene rings is 1. The molecule has 1 aliphatic carbocycles. The molecule has 1 aromatic heterocycles. The van der Waals surface area contributed by atoms with Crippen LogP contribution in [-0.4, -0.2) is 16.2 Å². The third-order valence-corrected chi connectivity index (χ3v) is 4.24. The van der Waals surface area contributed by atoms with Gasteiger partial charge in [-0.05, 0) is 43.4 Å². The molecule has 1 saturated carbocycles. The summed E-state index contributed by atoms with van der Waals surface area (Å²) in [6, 6.07) is 9.75. The zero-order chi connectivity index (χ0) is 17.1. The molecule has 6 heteroatoms. The fourth-order valence-corrected chi connectivity index (χ4v) is 2.78. The molecule has 0 spiro atoms. The highest BCUT2D eigenvalue weighted by atomic mass is 16.5. The third kappa shape index (κ3) is 3.25. The van der Waals surface area contributed by atoms with Crippen LogP contribution < -0.4 is 16.0 Å². The van der Waals surface area contributed by atoms with Crippen LogP contribution in [0.5, 0.6) is 5.75 Å². The Morgan fingerprint density at radius 1 is 1.33 bits per heavy atom. The van der Waals surface area contributed by atoms with Gasteiger partial charge < -0.3 is 4.74 Å². The molecule has 0 aliphatic heterocycles. The average molecular weight is 325 g/mol. The number of rotatable bonds is 6. The summed E-state index contributed by atoms with van der Waals surface area (Å²) in [5.74, 6) is 0.784. The van der Waals surface area contributed by atoms with Crippen molar-refractivity contribution in [3.8, 4) is 11.8 Å². The molecule has 24 heavy (non-hydrogen) atoms. The fraction of sp³-hybridized carbons (Fsp3) is 0.389. The van der Waals surface area contributed by atoms with Crippen molar-refractivity contribution in [1.29, 1.82) is 5.26 Å². The molecule has 0 radical (unpaired) electrons. The molecule has 2 aromatic rings. The summed E-state index contributed by atoms with van der Waals surface area (Å²) < 4.78 is 7.92. The predicted octanol–water partition coefficient (Wildman–Crippen LogP) is 1.86. The zero-order valence-corrected chi connectivity index (χ0v) is 13.6. The van der Waals surface area contributed by atoms with Crippen LogP contribution in [0.25, 0.3) is 0 Å². The molecule has 0 unspecified atom stereocenters. The van der Waals surface area contributed by atoms with E-state index in [2.05, 4.69) is 0 Å². The summed E-state index contributed by atoms with van der Waals surface area (Å²) in [5, 5.41) is 9.13. The van der Waals surface area contributed by atoms with E-state index in [-0.39, 0.29) is 17.3 Å². The van der Waals surface area contributed by atoms with Gasteiger partial charge in [-0.25, -0.2) is 4.79 Å². The van der Waals surface area contributed by atoms with Crippen LogP contribution in [-0.2, 0) is 13.0 Å². The van der Waals surface area contributed by atoms with Crippen molar-refractivity contribution in [3.05, 3.63) is 62.4 Å². The lowest BCUT2D eigenvalue weighted by Gasteiger charge is -2.10. The SMILES string of the molecule is COc1cccc(CCCn2c(=O)c(C#N)cn(C3CC3)c2=O)c1. The molecule has 6 nitrogen and oxygen atoms in total. The monoisotopic (exact) mass is 325 g/mol. The first-order valence-electron chi connectivity index (χ1n) is 8.03. The largest absolute Gasteiger partial charge is 0.497 e. The maximum atomic E-state index is 12.5. The van der Waals surface area contributed by atoms with Crippen molar-refractivity contribution in [2.75, 3.05) is 7.11 Å². The molecular weight excluding hydrogens is 306 g/mol. The smallest absolute Gasteiger partial charge is 0.331 e. The Hall–Kier alpha value is -2.81. The number of ether oxygens (including phenoxy) is 1. The highest BCUT2D eigenvalue weighted by molar-refractivity contribution is 5.28. The summed E-state index contributed by atoms with van der Waals surface area (Å²) in [6.07, 6.45) is 4.62. The minimum absolute atomic E-state index is 0.0304. The van der Waals surface area contributed by atoms with Gasteiger partial charge in [0.05, 0.1) is 7.11 Å². The molecule has 124 valence electrons. The van der Waals surface area contributed by atoms with E-state index < -0.39 is 5.56 Å². The molecule has 0 bridgehead atoms. The molecule has 0 atom stereocenters. The number of methoxy groups -OCH3 is 1. The van der Waals surface area contributed by atoms with Crippen LogP contribution in [0.15, 0.2) is 40.1 Å². The normalized spacial score (nSPS) is 13.5. The van der Waals surface area contributed by atoms with Crippen molar-refractivity contribution >= 4 is 0 Å². The number of aromatic nitrogens is 2. The second-order valence-corrected chi connectivity index (χ2v) is 5.99. The second kappa shape index (κ2) is 6.75. The quantitative estimate of drug-likeness (QED) is 0.812. The van der Waals surface area contributed by atoms with Gasteiger partial charge in [0.1, 0.15) is 17.4 Å². The molecular formula is C18H19N3O3. The lowest BCUT2D eigenvalue weighted by molar-refractivity contribution is 0.414. The Bertz CT molecular complexity index is 901. The summed E-state index contributed by atoms with van der Waals surface area (Å²) in [5.41, 5.74) is 0.307. The highest BCUT2D eigenvalue weighted by Gasteiger charge is 2.26. The topological polar surface area (TPSA) is 77.0 Å². The maximum absolute atomic E-state index is 12.5. The van der Waals surface area contributed by atoms with Crippen LogP contribution in [0, 0.1) is 11.3 Å². The number of aryl methyl sites for hydroxylation is 1. The minimum Gasteiger partial charge on any atom is -0.497 e. The lowest BCUT2D eigenvalue weighted by Crippen LogP contribution is -2.40. The van der Waals surface area contributed by atoms with Gasteiger partial charge in [-0.2, -0.15) is 5.26 Å². The second-order valence-electron chi connectivity index (χ2n) is 5.99. The van der Waals surface area contributed by atoms with E-state index in [4.69, 9.17) is 10.00 Å². The summed E-state index contributed by atoms with van der Waals surface area (Å²) in [4.78, 5) is 24.7.